The van der Waals surface area contributed by atoms with Gasteiger partial charge in [-0.2, -0.15) is 0 Å². The van der Waals surface area contributed by atoms with Gasteiger partial charge < -0.3 is 19.4 Å². The SMILES string of the molecule is COc1cc2c(cc1OC)CN(C(=O)[C@@H](C)SCc1nc3sc(C)c(C)c3c(=O)[nH]1)CC2. The molecule has 32 heavy (non-hydrogen) atoms. The Morgan fingerprint density at radius 1 is 1.25 bits per heavy atom. The molecule has 9 heteroatoms. The number of nitrogens with zero attached hydrogens (tertiary/aromatic N) is 2. The first-order valence-corrected chi connectivity index (χ1v) is 12.3. The van der Waals surface area contributed by atoms with Crippen LogP contribution in [0.25, 0.3) is 10.2 Å². The molecular formula is C23H27N3O4S2. The second kappa shape index (κ2) is 9.15. The van der Waals surface area contributed by atoms with Crippen molar-refractivity contribution in [3.8, 4) is 11.5 Å². The van der Waals surface area contributed by atoms with Gasteiger partial charge in [-0.1, -0.05) is 0 Å². The van der Waals surface area contributed by atoms with Crippen molar-refractivity contribution in [3.63, 3.8) is 0 Å². The summed E-state index contributed by atoms with van der Waals surface area (Å²) in [6.07, 6.45) is 0.779. The Labute approximate surface area is 195 Å². The number of methoxy groups -OCH3 is 2. The van der Waals surface area contributed by atoms with Crippen LogP contribution in [0.3, 0.4) is 0 Å². The summed E-state index contributed by atoms with van der Waals surface area (Å²) in [5.41, 5.74) is 3.15. The lowest BCUT2D eigenvalue weighted by Gasteiger charge is -2.31. The summed E-state index contributed by atoms with van der Waals surface area (Å²) in [6.45, 7) is 7.07. The molecule has 7 nitrogen and oxygen atoms in total. The fraction of sp³-hybridized carbons (Fsp3) is 0.435. The van der Waals surface area contributed by atoms with Gasteiger partial charge in [-0.05, 0) is 56.0 Å². The number of aromatic amines is 1. The second-order valence-corrected chi connectivity index (χ2v) is 10.4. The Morgan fingerprint density at radius 2 is 1.94 bits per heavy atom. The molecule has 3 aromatic rings. The predicted molar refractivity (Wildman–Crippen MR) is 129 cm³/mol. The Balaban J connectivity index is 1.43. The maximum absolute atomic E-state index is 13.1. The van der Waals surface area contributed by atoms with E-state index in [0.29, 0.717) is 41.6 Å². The minimum atomic E-state index is -0.246. The number of thiophene rings is 1. The van der Waals surface area contributed by atoms with Crippen LogP contribution in [0.5, 0.6) is 11.5 Å². The van der Waals surface area contributed by atoms with Crippen molar-refractivity contribution in [3.05, 3.63) is 49.9 Å². The summed E-state index contributed by atoms with van der Waals surface area (Å²) in [6, 6.07) is 3.96. The number of nitrogens with one attached hydrogen (secondary N) is 1. The standard InChI is InChI=1S/C23H27N3O4S2/c1-12-13(2)32-22-20(12)21(27)24-19(25-22)11-31-14(3)23(28)26-7-6-15-8-17(29-4)18(30-5)9-16(15)10-26/h8-9,14H,6-7,10-11H2,1-5H3,(H,24,25,27)/t14-/m1/s1. The average molecular weight is 474 g/mol. The van der Waals surface area contributed by atoms with E-state index in [0.717, 1.165) is 27.3 Å². The van der Waals surface area contributed by atoms with Crippen LogP contribution < -0.4 is 15.0 Å². The third kappa shape index (κ3) is 4.23. The molecule has 1 aliphatic rings. The molecule has 1 atom stereocenters. The van der Waals surface area contributed by atoms with Crippen LogP contribution in [-0.4, -0.2) is 46.8 Å². The van der Waals surface area contributed by atoms with E-state index in [1.807, 2.05) is 37.8 Å². The van der Waals surface area contributed by atoms with Crippen LogP contribution in [0.2, 0.25) is 0 Å². The van der Waals surface area contributed by atoms with Gasteiger partial charge in [0.25, 0.3) is 5.56 Å². The quantitative estimate of drug-likeness (QED) is 0.586. The zero-order chi connectivity index (χ0) is 23.0. The van der Waals surface area contributed by atoms with E-state index in [2.05, 4.69) is 9.97 Å². The fourth-order valence-electron chi connectivity index (χ4n) is 3.97. The van der Waals surface area contributed by atoms with Crippen molar-refractivity contribution in [2.24, 2.45) is 0 Å². The van der Waals surface area contributed by atoms with Gasteiger partial charge in [-0.25, -0.2) is 4.98 Å². The van der Waals surface area contributed by atoms with Crippen molar-refractivity contribution >= 4 is 39.2 Å². The van der Waals surface area contributed by atoms with Gasteiger partial charge in [0.2, 0.25) is 5.91 Å². The normalized spacial score (nSPS) is 14.3. The molecule has 1 N–H and O–H groups in total. The van der Waals surface area contributed by atoms with Crippen LogP contribution in [0.1, 0.15) is 34.3 Å². The third-order valence-electron chi connectivity index (χ3n) is 5.94. The van der Waals surface area contributed by atoms with Gasteiger partial charge in [0.1, 0.15) is 10.7 Å². The monoisotopic (exact) mass is 473 g/mol. The highest BCUT2D eigenvalue weighted by molar-refractivity contribution is 7.99. The molecule has 3 heterocycles. The molecule has 1 aliphatic heterocycles. The molecule has 0 aliphatic carbocycles. The summed E-state index contributed by atoms with van der Waals surface area (Å²) < 4.78 is 10.8. The number of amides is 1. The summed E-state index contributed by atoms with van der Waals surface area (Å²) >= 11 is 3.03. The summed E-state index contributed by atoms with van der Waals surface area (Å²) in [4.78, 5) is 36.8. The molecule has 0 saturated heterocycles. The Kier molecular flexibility index (Phi) is 6.48. The van der Waals surface area contributed by atoms with Crippen LogP contribution in [0.15, 0.2) is 16.9 Å². The van der Waals surface area contributed by atoms with Crippen molar-refractivity contribution in [2.75, 3.05) is 20.8 Å². The first kappa shape index (κ1) is 22.7. The third-order valence-corrected chi connectivity index (χ3v) is 8.18. The van der Waals surface area contributed by atoms with E-state index in [1.54, 1.807) is 14.2 Å². The molecular weight excluding hydrogens is 446 g/mol. The maximum Gasteiger partial charge on any atom is 0.259 e. The number of hydrogen-bond donors (Lipinski definition) is 1. The smallest absolute Gasteiger partial charge is 0.259 e. The number of hydrogen-bond acceptors (Lipinski definition) is 7. The van der Waals surface area contributed by atoms with Crippen molar-refractivity contribution in [1.82, 2.24) is 14.9 Å². The van der Waals surface area contributed by atoms with E-state index in [-0.39, 0.29) is 16.7 Å². The summed E-state index contributed by atoms with van der Waals surface area (Å²) in [5, 5.41) is 0.425. The number of benzene rings is 1. The molecule has 4 rings (SSSR count). The zero-order valence-corrected chi connectivity index (χ0v) is 20.5. The summed E-state index contributed by atoms with van der Waals surface area (Å²) in [7, 11) is 3.24. The minimum Gasteiger partial charge on any atom is -0.493 e. The first-order chi connectivity index (χ1) is 15.3. The number of ether oxygens (including phenoxy) is 2. The topological polar surface area (TPSA) is 84.5 Å². The minimum absolute atomic E-state index is 0.0849. The molecule has 0 bridgehead atoms. The van der Waals surface area contributed by atoms with Crippen LogP contribution in [0.4, 0.5) is 0 Å². The number of carbonyl (C=O) groups excluding carboxylic acids is 1. The van der Waals surface area contributed by atoms with Gasteiger partial charge in [0.15, 0.2) is 11.5 Å². The first-order valence-electron chi connectivity index (χ1n) is 10.5. The molecule has 1 amide bonds. The van der Waals surface area contributed by atoms with E-state index < -0.39 is 0 Å². The molecule has 0 radical (unpaired) electrons. The fourth-order valence-corrected chi connectivity index (χ4v) is 5.86. The van der Waals surface area contributed by atoms with E-state index in [4.69, 9.17) is 9.47 Å². The Morgan fingerprint density at radius 3 is 2.62 bits per heavy atom. The molecule has 0 spiro atoms. The zero-order valence-electron chi connectivity index (χ0n) is 18.9. The predicted octanol–water partition coefficient (Wildman–Crippen LogP) is 3.83. The van der Waals surface area contributed by atoms with Gasteiger partial charge in [-0.15, -0.1) is 23.1 Å². The summed E-state index contributed by atoms with van der Waals surface area (Å²) in [5.74, 6) is 2.55. The average Bonchev–Trinajstić information content (AvgIpc) is 3.09. The molecule has 1 aromatic carbocycles. The van der Waals surface area contributed by atoms with Gasteiger partial charge in [-0.3, -0.25) is 9.59 Å². The maximum atomic E-state index is 13.1. The second-order valence-electron chi connectivity index (χ2n) is 7.91. The Bertz CT molecular complexity index is 1230. The molecule has 0 unspecified atom stereocenters. The molecule has 2 aromatic heterocycles. The number of H-pyrrole nitrogens is 1. The largest absolute Gasteiger partial charge is 0.493 e. The number of aryl methyl sites for hydroxylation is 2. The lowest BCUT2D eigenvalue weighted by molar-refractivity contribution is -0.131. The van der Waals surface area contributed by atoms with Crippen LogP contribution >= 0.6 is 23.1 Å². The van der Waals surface area contributed by atoms with Gasteiger partial charge in [0.05, 0.1) is 30.6 Å². The number of carbonyl (C=O) groups is 1. The van der Waals surface area contributed by atoms with E-state index in [9.17, 15) is 9.59 Å². The molecule has 0 saturated carbocycles. The number of fused-ring (bicyclic) bond motifs is 2. The lowest BCUT2D eigenvalue weighted by Crippen LogP contribution is -2.40. The van der Waals surface area contributed by atoms with E-state index in [1.165, 1.54) is 28.7 Å². The van der Waals surface area contributed by atoms with E-state index >= 15 is 0 Å². The molecule has 170 valence electrons. The molecule has 0 fully saturated rings. The number of rotatable bonds is 6. The van der Waals surface area contributed by atoms with Crippen molar-refractivity contribution < 1.29 is 14.3 Å². The van der Waals surface area contributed by atoms with Gasteiger partial charge in [0, 0.05) is 18.0 Å². The van der Waals surface area contributed by atoms with Crippen molar-refractivity contribution in [2.45, 2.75) is 44.7 Å². The van der Waals surface area contributed by atoms with Crippen LogP contribution in [0, 0.1) is 13.8 Å². The highest BCUT2D eigenvalue weighted by Gasteiger charge is 2.26. The van der Waals surface area contributed by atoms with Gasteiger partial charge >= 0.3 is 0 Å². The highest BCUT2D eigenvalue weighted by atomic mass is 32.2. The van der Waals surface area contributed by atoms with Crippen LogP contribution in [-0.2, 0) is 23.5 Å². The Hall–Kier alpha value is -2.52. The van der Waals surface area contributed by atoms with Crippen molar-refractivity contribution in [1.29, 1.82) is 0 Å². The highest BCUT2D eigenvalue weighted by Crippen LogP contribution is 2.34. The lowest BCUT2D eigenvalue weighted by atomic mass is 9.98. The number of aromatic nitrogens is 2. The number of thioether (sulfide) groups is 1.